The maximum absolute atomic E-state index is 12.6. The van der Waals surface area contributed by atoms with Crippen LogP contribution in [0.25, 0.3) is 0 Å². The third kappa shape index (κ3) is 3.78. The molecule has 1 N–H and O–H groups in total. The van der Waals surface area contributed by atoms with Crippen molar-refractivity contribution >= 4 is 10.8 Å². The fourth-order valence-corrected chi connectivity index (χ4v) is 5.04. The molecular formula is C14H27NO3S. The Morgan fingerprint density at radius 1 is 1.37 bits per heavy atom. The summed E-state index contributed by atoms with van der Waals surface area (Å²) in [5, 5.41) is 3.64. The van der Waals surface area contributed by atoms with E-state index < -0.39 is 16.6 Å². The summed E-state index contributed by atoms with van der Waals surface area (Å²) >= 11 is 0. The van der Waals surface area contributed by atoms with Crippen molar-refractivity contribution in [3.05, 3.63) is 0 Å². The van der Waals surface area contributed by atoms with E-state index in [4.69, 9.17) is 9.47 Å². The Hall–Kier alpha value is 0.0300. The van der Waals surface area contributed by atoms with Gasteiger partial charge in [-0.1, -0.05) is 20.8 Å². The van der Waals surface area contributed by atoms with Gasteiger partial charge >= 0.3 is 0 Å². The van der Waals surface area contributed by atoms with Crippen LogP contribution in [0.2, 0.25) is 0 Å². The topological polar surface area (TPSA) is 47.6 Å². The van der Waals surface area contributed by atoms with Crippen LogP contribution >= 0.6 is 0 Å². The molecule has 1 spiro atoms. The van der Waals surface area contributed by atoms with Gasteiger partial charge < -0.3 is 14.8 Å². The number of nitrogens with one attached hydrogen (secondary N) is 1. The molecule has 0 aromatic heterocycles. The third-order valence-corrected chi connectivity index (χ3v) is 6.08. The van der Waals surface area contributed by atoms with Crippen LogP contribution in [0.4, 0.5) is 0 Å². The summed E-state index contributed by atoms with van der Waals surface area (Å²) in [6.07, 6.45) is 2.67. The molecule has 112 valence electrons. The van der Waals surface area contributed by atoms with Gasteiger partial charge in [-0.2, -0.15) is 0 Å². The Morgan fingerprint density at radius 3 is 2.63 bits per heavy atom. The van der Waals surface area contributed by atoms with Crippen LogP contribution in [-0.4, -0.2) is 46.8 Å². The number of ether oxygens (including phenoxy) is 2. The fourth-order valence-electron chi connectivity index (χ4n) is 3.10. The molecule has 4 nitrogen and oxygen atoms in total. The summed E-state index contributed by atoms with van der Waals surface area (Å²) in [7, 11) is -0.813. The minimum atomic E-state index is -0.813. The molecule has 0 bridgehead atoms. The highest BCUT2D eigenvalue weighted by Gasteiger charge is 2.46. The molecule has 0 radical (unpaired) electrons. The van der Waals surface area contributed by atoms with E-state index in [2.05, 4.69) is 26.1 Å². The van der Waals surface area contributed by atoms with Crippen molar-refractivity contribution in [2.24, 2.45) is 5.92 Å². The van der Waals surface area contributed by atoms with E-state index >= 15 is 0 Å². The quantitative estimate of drug-likeness (QED) is 0.836. The van der Waals surface area contributed by atoms with E-state index in [1.165, 1.54) is 0 Å². The van der Waals surface area contributed by atoms with Gasteiger partial charge in [0.05, 0.1) is 18.5 Å². The van der Waals surface area contributed by atoms with Gasteiger partial charge in [0.1, 0.15) is 0 Å². The van der Waals surface area contributed by atoms with E-state index in [9.17, 15) is 4.21 Å². The highest BCUT2D eigenvalue weighted by atomic mass is 32.2. The highest BCUT2D eigenvalue weighted by Crippen LogP contribution is 2.38. The van der Waals surface area contributed by atoms with Crippen LogP contribution < -0.4 is 5.32 Å². The lowest BCUT2D eigenvalue weighted by Gasteiger charge is -2.41. The molecule has 1 saturated carbocycles. The first-order valence-electron chi connectivity index (χ1n) is 7.45. The van der Waals surface area contributed by atoms with Gasteiger partial charge in [0, 0.05) is 35.4 Å². The van der Waals surface area contributed by atoms with Crippen molar-refractivity contribution in [2.45, 2.75) is 57.1 Å². The molecule has 1 heterocycles. The van der Waals surface area contributed by atoms with Crippen LogP contribution in [0.5, 0.6) is 0 Å². The summed E-state index contributed by atoms with van der Waals surface area (Å²) in [6.45, 7) is 8.64. The Labute approximate surface area is 119 Å². The zero-order chi connectivity index (χ0) is 13.9. The molecule has 0 aromatic carbocycles. The Bertz CT molecular complexity index is 316. The van der Waals surface area contributed by atoms with E-state index in [0.717, 1.165) is 31.6 Å². The first kappa shape index (κ1) is 15.4. The van der Waals surface area contributed by atoms with Crippen molar-refractivity contribution in [1.82, 2.24) is 5.32 Å². The van der Waals surface area contributed by atoms with Crippen molar-refractivity contribution in [1.29, 1.82) is 0 Å². The summed E-state index contributed by atoms with van der Waals surface area (Å²) < 4.78 is 24.2. The second-order valence-corrected chi connectivity index (χ2v) is 7.69. The molecule has 1 aliphatic carbocycles. The molecule has 2 rings (SSSR count). The normalized spacial score (nSPS) is 32.0. The number of hydrogen-bond acceptors (Lipinski definition) is 4. The zero-order valence-electron chi connectivity index (χ0n) is 12.3. The summed E-state index contributed by atoms with van der Waals surface area (Å²) in [5.41, 5.74) is 0. The Kier molecular flexibility index (Phi) is 5.40. The average molecular weight is 289 g/mol. The molecule has 19 heavy (non-hydrogen) atoms. The van der Waals surface area contributed by atoms with Gasteiger partial charge in [-0.15, -0.1) is 0 Å². The molecule has 1 saturated heterocycles. The lowest BCUT2D eigenvalue weighted by molar-refractivity contribution is -0.178. The molecule has 3 atom stereocenters. The Morgan fingerprint density at radius 2 is 2.05 bits per heavy atom. The van der Waals surface area contributed by atoms with Crippen LogP contribution in [0.3, 0.4) is 0 Å². The standard InChI is InChI=1S/C14H27NO3S/c1-4-15-12-5-6-14(17-7-8-18-14)9-13(12)19(16)10-11(2)3/h11-13,15H,4-10H2,1-3H3. The molecule has 0 aromatic rings. The molecule has 1 aliphatic heterocycles. The third-order valence-electron chi connectivity index (χ3n) is 3.91. The van der Waals surface area contributed by atoms with Crippen LogP contribution in [-0.2, 0) is 20.3 Å². The van der Waals surface area contributed by atoms with Crippen molar-refractivity contribution in [3.8, 4) is 0 Å². The average Bonchev–Trinajstić information content (AvgIpc) is 2.79. The van der Waals surface area contributed by atoms with Crippen molar-refractivity contribution < 1.29 is 13.7 Å². The van der Waals surface area contributed by atoms with Crippen LogP contribution in [0.1, 0.15) is 40.0 Å². The van der Waals surface area contributed by atoms with Crippen LogP contribution in [0, 0.1) is 5.92 Å². The van der Waals surface area contributed by atoms with Crippen LogP contribution in [0.15, 0.2) is 0 Å². The van der Waals surface area contributed by atoms with Gasteiger partial charge in [-0.05, 0) is 18.9 Å². The van der Waals surface area contributed by atoms with Crippen molar-refractivity contribution in [3.63, 3.8) is 0 Å². The molecule has 0 amide bonds. The molecule has 2 aliphatic rings. The predicted octanol–water partition coefficient (Wildman–Crippen LogP) is 1.66. The highest BCUT2D eigenvalue weighted by molar-refractivity contribution is 7.85. The molecule has 3 unspecified atom stereocenters. The van der Waals surface area contributed by atoms with E-state index in [0.29, 0.717) is 25.2 Å². The minimum absolute atomic E-state index is 0.147. The van der Waals surface area contributed by atoms with Gasteiger partial charge in [0.2, 0.25) is 0 Å². The lowest BCUT2D eigenvalue weighted by atomic mass is 9.89. The van der Waals surface area contributed by atoms with Gasteiger partial charge in [0.15, 0.2) is 5.79 Å². The monoisotopic (exact) mass is 289 g/mol. The lowest BCUT2D eigenvalue weighted by Crippen LogP contribution is -2.53. The smallest absolute Gasteiger partial charge is 0.169 e. The number of hydrogen-bond donors (Lipinski definition) is 1. The molecule has 5 heteroatoms. The second-order valence-electron chi connectivity index (χ2n) is 5.99. The van der Waals surface area contributed by atoms with Gasteiger partial charge in [0.25, 0.3) is 0 Å². The number of rotatable bonds is 5. The summed E-state index contributed by atoms with van der Waals surface area (Å²) in [4.78, 5) is 0. The Balaban J connectivity index is 2.05. The first-order chi connectivity index (χ1) is 9.06. The molecule has 2 fully saturated rings. The fraction of sp³-hybridized carbons (Fsp3) is 1.00. The minimum Gasteiger partial charge on any atom is -0.347 e. The van der Waals surface area contributed by atoms with E-state index in [-0.39, 0.29) is 5.25 Å². The molecular weight excluding hydrogens is 262 g/mol. The zero-order valence-corrected chi connectivity index (χ0v) is 13.1. The maximum Gasteiger partial charge on any atom is 0.169 e. The largest absolute Gasteiger partial charge is 0.347 e. The van der Waals surface area contributed by atoms with E-state index in [1.54, 1.807) is 0 Å². The summed E-state index contributed by atoms with van der Waals surface area (Å²) in [5.74, 6) is 0.790. The van der Waals surface area contributed by atoms with Crippen molar-refractivity contribution in [2.75, 3.05) is 25.5 Å². The predicted molar refractivity (Wildman–Crippen MR) is 77.6 cm³/mol. The first-order valence-corrected chi connectivity index (χ1v) is 8.83. The second kappa shape index (κ2) is 6.66. The summed E-state index contributed by atoms with van der Waals surface area (Å²) in [6, 6.07) is 0.336. The van der Waals surface area contributed by atoms with Gasteiger partial charge in [-0.25, -0.2) is 0 Å². The maximum atomic E-state index is 12.6. The SMILES string of the molecule is CCNC1CCC2(CC1S(=O)CC(C)C)OCCO2. The van der Waals surface area contributed by atoms with Gasteiger partial charge in [-0.3, -0.25) is 4.21 Å². The van der Waals surface area contributed by atoms with E-state index in [1.807, 2.05) is 0 Å².